The number of thioether (sulfide) groups is 1. The second-order valence-corrected chi connectivity index (χ2v) is 8.97. The molecular formula is C29H29NO4S. The van der Waals surface area contributed by atoms with Crippen molar-refractivity contribution >= 4 is 39.9 Å². The second-order valence-electron chi connectivity index (χ2n) is 8.09. The van der Waals surface area contributed by atoms with E-state index in [0.29, 0.717) is 12.4 Å². The van der Waals surface area contributed by atoms with E-state index in [9.17, 15) is 4.79 Å². The third-order valence-corrected chi connectivity index (χ3v) is 6.56. The van der Waals surface area contributed by atoms with E-state index >= 15 is 0 Å². The quantitative estimate of drug-likeness (QED) is 0.205. The molecule has 35 heavy (non-hydrogen) atoms. The summed E-state index contributed by atoms with van der Waals surface area (Å²) in [5.41, 5.74) is 5.92. The summed E-state index contributed by atoms with van der Waals surface area (Å²) < 4.78 is 17.6. The van der Waals surface area contributed by atoms with E-state index < -0.39 is 0 Å². The van der Waals surface area contributed by atoms with E-state index in [-0.39, 0.29) is 5.91 Å². The first-order valence-electron chi connectivity index (χ1n) is 11.4. The van der Waals surface area contributed by atoms with E-state index in [1.54, 1.807) is 31.2 Å². The number of fused-ring (bicyclic) bond motifs is 1. The maximum atomic E-state index is 12.9. The summed E-state index contributed by atoms with van der Waals surface area (Å²) in [6, 6.07) is 17.7. The number of amides is 1. The van der Waals surface area contributed by atoms with Crippen LogP contribution in [-0.2, 0) is 4.79 Å². The molecule has 0 aliphatic carbocycles. The summed E-state index contributed by atoms with van der Waals surface area (Å²) in [6.07, 6.45) is 5.37. The van der Waals surface area contributed by atoms with Gasteiger partial charge >= 0.3 is 0 Å². The Morgan fingerprint density at radius 3 is 2.66 bits per heavy atom. The van der Waals surface area contributed by atoms with Crippen molar-refractivity contribution in [1.29, 1.82) is 0 Å². The third kappa shape index (κ3) is 5.08. The normalized spacial score (nSPS) is 11.5. The Morgan fingerprint density at radius 2 is 1.91 bits per heavy atom. The Bertz CT molecular complexity index is 1400. The van der Waals surface area contributed by atoms with Crippen LogP contribution in [0.3, 0.4) is 0 Å². The number of benzene rings is 3. The topological polar surface area (TPSA) is 60.7 Å². The summed E-state index contributed by atoms with van der Waals surface area (Å²) in [4.78, 5) is 14.0. The van der Waals surface area contributed by atoms with Gasteiger partial charge in [0, 0.05) is 44.3 Å². The van der Waals surface area contributed by atoms with Gasteiger partial charge in [-0.2, -0.15) is 0 Å². The molecule has 0 aliphatic heterocycles. The smallest absolute Gasteiger partial charge is 0.248 e. The zero-order valence-corrected chi connectivity index (χ0v) is 21.4. The minimum absolute atomic E-state index is 0.196. The van der Waals surface area contributed by atoms with Crippen LogP contribution in [0.2, 0.25) is 0 Å². The van der Waals surface area contributed by atoms with Gasteiger partial charge in [0.05, 0.1) is 20.0 Å². The summed E-state index contributed by atoms with van der Waals surface area (Å²) >= 11 is 1.63. The van der Waals surface area contributed by atoms with Gasteiger partial charge in [-0.1, -0.05) is 24.3 Å². The minimum Gasteiger partial charge on any atom is -0.496 e. The molecule has 1 aromatic heterocycles. The van der Waals surface area contributed by atoms with Gasteiger partial charge < -0.3 is 19.2 Å². The fraction of sp³-hybridized carbons (Fsp3) is 0.207. The standard InChI is InChI=1S/C29H29NO4S/c1-6-33-28-19(3)29-24(25(17-34-29)22-12-7-8-13-26(22)32-4)16-23(28)18(2)14-27(31)30-20-10-9-11-21(15-20)35-5/h7-17H,6H2,1-5H3,(H,30,31)/b18-14+. The number of carbonyl (C=O) groups is 1. The predicted molar refractivity (Wildman–Crippen MR) is 145 cm³/mol. The Morgan fingerprint density at radius 1 is 1.11 bits per heavy atom. The fourth-order valence-corrected chi connectivity index (χ4v) is 4.63. The molecule has 0 radical (unpaired) electrons. The van der Waals surface area contributed by atoms with Gasteiger partial charge in [-0.15, -0.1) is 11.8 Å². The number of aryl methyl sites for hydroxylation is 1. The number of allylic oxidation sites excluding steroid dienone is 1. The molecule has 5 nitrogen and oxygen atoms in total. The number of ether oxygens (including phenoxy) is 2. The molecule has 4 aromatic rings. The van der Waals surface area contributed by atoms with Crippen molar-refractivity contribution in [2.45, 2.75) is 25.7 Å². The van der Waals surface area contributed by atoms with Crippen LogP contribution < -0.4 is 14.8 Å². The molecule has 0 atom stereocenters. The number of para-hydroxylation sites is 1. The van der Waals surface area contributed by atoms with Crippen LogP contribution in [0.5, 0.6) is 11.5 Å². The van der Waals surface area contributed by atoms with Gasteiger partial charge in [-0.3, -0.25) is 4.79 Å². The van der Waals surface area contributed by atoms with Crippen LogP contribution in [0, 0.1) is 6.92 Å². The van der Waals surface area contributed by atoms with E-state index in [2.05, 4.69) is 5.32 Å². The number of methoxy groups -OCH3 is 1. The Hall–Kier alpha value is -3.64. The van der Waals surface area contributed by atoms with Crippen molar-refractivity contribution in [1.82, 2.24) is 0 Å². The van der Waals surface area contributed by atoms with Crippen molar-refractivity contribution < 1.29 is 18.7 Å². The first-order chi connectivity index (χ1) is 17.0. The first-order valence-corrected chi connectivity index (χ1v) is 12.6. The number of hydrogen-bond donors (Lipinski definition) is 1. The van der Waals surface area contributed by atoms with Gasteiger partial charge in [-0.05, 0) is 62.9 Å². The molecule has 0 saturated heterocycles. The number of furan rings is 1. The number of rotatable bonds is 8. The molecule has 0 aliphatic rings. The largest absolute Gasteiger partial charge is 0.496 e. The number of carbonyl (C=O) groups excluding carboxylic acids is 1. The molecule has 1 N–H and O–H groups in total. The lowest BCUT2D eigenvalue weighted by molar-refractivity contribution is -0.111. The zero-order valence-electron chi connectivity index (χ0n) is 20.6. The Kier molecular flexibility index (Phi) is 7.51. The fourth-order valence-electron chi connectivity index (χ4n) is 4.17. The highest BCUT2D eigenvalue weighted by molar-refractivity contribution is 7.98. The molecule has 0 saturated carbocycles. The van der Waals surface area contributed by atoms with E-state index in [0.717, 1.165) is 55.1 Å². The summed E-state index contributed by atoms with van der Waals surface area (Å²) in [6.45, 7) is 6.35. The van der Waals surface area contributed by atoms with Crippen LogP contribution in [-0.4, -0.2) is 25.9 Å². The molecule has 180 valence electrons. The highest BCUT2D eigenvalue weighted by Crippen LogP contribution is 2.42. The van der Waals surface area contributed by atoms with Gasteiger partial charge in [0.25, 0.3) is 0 Å². The highest BCUT2D eigenvalue weighted by atomic mass is 32.2. The lowest BCUT2D eigenvalue weighted by Gasteiger charge is -2.15. The first kappa shape index (κ1) is 24.5. The van der Waals surface area contributed by atoms with Crippen LogP contribution in [0.25, 0.3) is 27.7 Å². The van der Waals surface area contributed by atoms with Gasteiger partial charge in [-0.25, -0.2) is 0 Å². The molecule has 0 unspecified atom stereocenters. The van der Waals surface area contributed by atoms with Crippen molar-refractivity contribution in [3.63, 3.8) is 0 Å². The second kappa shape index (κ2) is 10.7. The van der Waals surface area contributed by atoms with Crippen LogP contribution in [0.15, 0.2) is 76.2 Å². The Labute approximate surface area is 210 Å². The number of nitrogens with one attached hydrogen (secondary N) is 1. The van der Waals surface area contributed by atoms with Crippen LogP contribution >= 0.6 is 11.8 Å². The monoisotopic (exact) mass is 487 g/mol. The molecule has 0 fully saturated rings. The average Bonchev–Trinajstić information content (AvgIpc) is 3.29. The van der Waals surface area contributed by atoms with Crippen molar-refractivity contribution in [2.24, 2.45) is 0 Å². The minimum atomic E-state index is -0.196. The predicted octanol–water partition coefficient (Wildman–Crippen LogP) is 7.58. The maximum absolute atomic E-state index is 12.9. The molecule has 6 heteroatoms. The summed E-state index contributed by atoms with van der Waals surface area (Å²) in [5, 5.41) is 3.90. The summed E-state index contributed by atoms with van der Waals surface area (Å²) in [5.74, 6) is 1.28. The van der Waals surface area contributed by atoms with Gasteiger partial charge in [0.1, 0.15) is 17.1 Å². The van der Waals surface area contributed by atoms with Crippen molar-refractivity contribution in [3.05, 3.63) is 78.1 Å². The van der Waals surface area contributed by atoms with E-state index in [1.165, 1.54) is 0 Å². The van der Waals surface area contributed by atoms with Crippen molar-refractivity contribution in [3.8, 4) is 22.6 Å². The van der Waals surface area contributed by atoms with E-state index in [1.807, 2.05) is 81.6 Å². The third-order valence-electron chi connectivity index (χ3n) is 5.84. The molecule has 4 rings (SSSR count). The van der Waals surface area contributed by atoms with Crippen LogP contribution in [0.4, 0.5) is 5.69 Å². The number of hydrogen-bond acceptors (Lipinski definition) is 5. The lowest BCUT2D eigenvalue weighted by atomic mass is 9.96. The van der Waals surface area contributed by atoms with E-state index in [4.69, 9.17) is 13.9 Å². The highest BCUT2D eigenvalue weighted by Gasteiger charge is 2.20. The van der Waals surface area contributed by atoms with Crippen molar-refractivity contribution in [2.75, 3.05) is 25.3 Å². The molecule has 3 aromatic carbocycles. The molecule has 0 spiro atoms. The zero-order chi connectivity index (χ0) is 24.9. The molecule has 1 heterocycles. The van der Waals surface area contributed by atoms with Gasteiger partial charge in [0.2, 0.25) is 5.91 Å². The molecule has 0 bridgehead atoms. The Balaban J connectivity index is 1.78. The SMILES string of the molecule is CCOc1c(/C(C)=C/C(=O)Nc2cccc(SC)c2)cc2c(-c3ccccc3OC)coc2c1C. The van der Waals surface area contributed by atoms with Crippen LogP contribution in [0.1, 0.15) is 25.0 Å². The molecule has 1 amide bonds. The average molecular weight is 488 g/mol. The molecular weight excluding hydrogens is 458 g/mol. The lowest BCUT2D eigenvalue weighted by Crippen LogP contribution is -2.09. The number of anilines is 1. The van der Waals surface area contributed by atoms with Gasteiger partial charge in [0.15, 0.2) is 0 Å². The summed E-state index contributed by atoms with van der Waals surface area (Å²) in [7, 11) is 1.66. The maximum Gasteiger partial charge on any atom is 0.248 e.